The van der Waals surface area contributed by atoms with Gasteiger partial charge in [-0.2, -0.15) is 0 Å². The summed E-state index contributed by atoms with van der Waals surface area (Å²) in [5, 5.41) is 11.1. The van der Waals surface area contributed by atoms with E-state index in [1.54, 1.807) is 48.8 Å². The minimum Gasteiger partial charge on any atom is -0.507 e. The SMILES string of the molecule is CCN(CC)CCN1C(=O)C(=O)/C(=C(/O)c2ccccc2OC)C1c1ccncc1. The molecule has 2 aromatic rings. The number of Topliss-reactive ketones (excluding diaryl/α,β-unsaturated/α-hetero) is 1. The first kappa shape index (κ1) is 21.5. The molecule has 2 heterocycles. The third-order valence-corrected chi connectivity index (χ3v) is 5.48. The smallest absolute Gasteiger partial charge is 0.295 e. The van der Waals surface area contributed by atoms with E-state index in [-0.39, 0.29) is 11.3 Å². The van der Waals surface area contributed by atoms with Crippen LogP contribution in [0.4, 0.5) is 0 Å². The third kappa shape index (κ3) is 4.07. The van der Waals surface area contributed by atoms with Gasteiger partial charge in [-0.05, 0) is 42.9 Å². The molecule has 0 radical (unpaired) electrons. The van der Waals surface area contributed by atoms with Crippen LogP contribution < -0.4 is 4.74 Å². The Balaban J connectivity index is 2.11. The number of hydrogen-bond acceptors (Lipinski definition) is 6. The monoisotopic (exact) mass is 409 g/mol. The molecule has 7 nitrogen and oxygen atoms in total. The number of ether oxygens (including phenoxy) is 1. The molecule has 0 spiro atoms. The first-order valence-electron chi connectivity index (χ1n) is 10.1. The summed E-state index contributed by atoms with van der Waals surface area (Å²) in [5.74, 6) is -1.11. The van der Waals surface area contributed by atoms with Gasteiger partial charge in [-0.1, -0.05) is 26.0 Å². The summed E-state index contributed by atoms with van der Waals surface area (Å²) in [5.41, 5.74) is 1.16. The van der Waals surface area contributed by atoms with Gasteiger partial charge < -0.3 is 19.6 Å². The summed E-state index contributed by atoms with van der Waals surface area (Å²) in [6.07, 6.45) is 3.23. The molecule has 1 aromatic carbocycles. The van der Waals surface area contributed by atoms with Crippen molar-refractivity contribution >= 4 is 17.4 Å². The van der Waals surface area contributed by atoms with Crippen LogP contribution in [0.2, 0.25) is 0 Å². The van der Waals surface area contributed by atoms with Crippen LogP contribution >= 0.6 is 0 Å². The van der Waals surface area contributed by atoms with E-state index < -0.39 is 17.7 Å². The molecule has 7 heteroatoms. The molecule has 0 saturated carbocycles. The third-order valence-electron chi connectivity index (χ3n) is 5.48. The Hall–Kier alpha value is -3.19. The van der Waals surface area contributed by atoms with Crippen LogP contribution in [0.5, 0.6) is 5.75 Å². The number of aromatic nitrogens is 1. The topological polar surface area (TPSA) is 83.0 Å². The molecule has 0 aliphatic carbocycles. The van der Waals surface area contributed by atoms with E-state index in [2.05, 4.69) is 23.7 Å². The highest BCUT2D eigenvalue weighted by Crippen LogP contribution is 2.40. The molecule has 0 bridgehead atoms. The van der Waals surface area contributed by atoms with Gasteiger partial charge in [-0.15, -0.1) is 0 Å². The number of amides is 1. The molecule has 1 aliphatic rings. The van der Waals surface area contributed by atoms with Crippen LogP contribution in [0.25, 0.3) is 5.76 Å². The molecule has 1 saturated heterocycles. The second-order valence-electron chi connectivity index (χ2n) is 7.00. The summed E-state index contributed by atoms with van der Waals surface area (Å²) in [4.78, 5) is 33.7. The summed E-state index contributed by atoms with van der Waals surface area (Å²) in [7, 11) is 1.50. The molecule has 158 valence electrons. The number of pyridine rings is 1. The number of aliphatic hydroxyl groups excluding tert-OH is 1. The van der Waals surface area contributed by atoms with Crippen LogP contribution in [-0.4, -0.2) is 64.9 Å². The second kappa shape index (κ2) is 9.54. The minimum absolute atomic E-state index is 0.0650. The Morgan fingerprint density at radius 2 is 1.80 bits per heavy atom. The number of methoxy groups -OCH3 is 1. The number of benzene rings is 1. The first-order valence-corrected chi connectivity index (χ1v) is 10.1. The van der Waals surface area contributed by atoms with E-state index >= 15 is 0 Å². The molecular weight excluding hydrogens is 382 g/mol. The summed E-state index contributed by atoms with van der Waals surface area (Å²) < 4.78 is 5.34. The molecule has 1 aromatic heterocycles. The summed E-state index contributed by atoms with van der Waals surface area (Å²) in [6, 6.07) is 9.73. The number of ketones is 1. The molecule has 30 heavy (non-hydrogen) atoms. The van der Waals surface area contributed by atoms with Crippen molar-refractivity contribution in [1.29, 1.82) is 0 Å². The molecule has 1 atom stereocenters. The lowest BCUT2D eigenvalue weighted by molar-refractivity contribution is -0.140. The average molecular weight is 409 g/mol. The lowest BCUT2D eigenvalue weighted by Crippen LogP contribution is -2.38. The number of carbonyl (C=O) groups excluding carboxylic acids is 2. The fourth-order valence-corrected chi connectivity index (χ4v) is 3.78. The maximum Gasteiger partial charge on any atom is 0.295 e. The normalized spacial score (nSPS) is 18.3. The van der Waals surface area contributed by atoms with E-state index in [4.69, 9.17) is 4.74 Å². The van der Waals surface area contributed by atoms with Gasteiger partial charge in [0.2, 0.25) is 0 Å². The number of rotatable bonds is 8. The van der Waals surface area contributed by atoms with E-state index in [0.717, 1.165) is 18.7 Å². The summed E-state index contributed by atoms with van der Waals surface area (Å²) in [6.45, 7) is 6.82. The fraction of sp³-hybridized carbons (Fsp3) is 0.348. The van der Waals surface area contributed by atoms with Crippen LogP contribution in [0.15, 0.2) is 54.4 Å². The lowest BCUT2D eigenvalue weighted by atomic mass is 9.95. The van der Waals surface area contributed by atoms with Crippen molar-refractivity contribution < 1.29 is 19.4 Å². The molecule has 1 unspecified atom stereocenters. The van der Waals surface area contributed by atoms with E-state index in [1.807, 2.05) is 0 Å². The number of aliphatic hydroxyl groups is 1. The molecule has 1 fully saturated rings. The standard InChI is InChI=1S/C23H27N3O4/c1-4-25(5-2)14-15-26-20(16-10-12-24-13-11-16)19(22(28)23(26)29)21(27)17-8-6-7-9-18(17)30-3/h6-13,20,27H,4-5,14-15H2,1-3H3/b21-19+. The van der Waals surface area contributed by atoms with Gasteiger partial charge in [0.05, 0.1) is 24.3 Å². The molecule has 3 rings (SSSR count). The maximum atomic E-state index is 13.0. The van der Waals surface area contributed by atoms with Gasteiger partial charge in [0.25, 0.3) is 11.7 Å². The minimum atomic E-state index is -0.695. The zero-order valence-corrected chi connectivity index (χ0v) is 17.5. The van der Waals surface area contributed by atoms with Crippen molar-refractivity contribution in [1.82, 2.24) is 14.8 Å². The van der Waals surface area contributed by atoms with Crippen LogP contribution in [0, 0.1) is 0 Å². The van der Waals surface area contributed by atoms with Crippen molar-refractivity contribution in [2.75, 3.05) is 33.3 Å². The van der Waals surface area contributed by atoms with Crippen molar-refractivity contribution in [3.63, 3.8) is 0 Å². The number of hydrogen-bond donors (Lipinski definition) is 1. The number of nitrogens with zero attached hydrogens (tertiary/aromatic N) is 3. The second-order valence-corrected chi connectivity index (χ2v) is 7.00. The Bertz CT molecular complexity index is 938. The first-order chi connectivity index (χ1) is 14.5. The maximum absolute atomic E-state index is 13.0. The Morgan fingerprint density at radius 3 is 2.43 bits per heavy atom. The van der Waals surface area contributed by atoms with E-state index in [9.17, 15) is 14.7 Å². The fourth-order valence-electron chi connectivity index (χ4n) is 3.78. The van der Waals surface area contributed by atoms with Gasteiger partial charge >= 0.3 is 0 Å². The van der Waals surface area contributed by atoms with Gasteiger partial charge in [0.1, 0.15) is 11.5 Å². The zero-order valence-electron chi connectivity index (χ0n) is 17.5. The van der Waals surface area contributed by atoms with Crippen LogP contribution in [-0.2, 0) is 9.59 Å². The van der Waals surface area contributed by atoms with Crippen molar-refractivity contribution in [3.8, 4) is 5.75 Å². The highest BCUT2D eigenvalue weighted by molar-refractivity contribution is 6.46. The Labute approximate surface area is 176 Å². The Kier molecular flexibility index (Phi) is 6.84. The number of likely N-dealkylation sites (N-methyl/N-ethyl adjacent to an activating group) is 1. The zero-order chi connectivity index (χ0) is 21.7. The highest BCUT2D eigenvalue weighted by atomic mass is 16.5. The lowest BCUT2D eigenvalue weighted by Gasteiger charge is -2.28. The molecule has 1 aliphatic heterocycles. The molecular formula is C23H27N3O4. The van der Waals surface area contributed by atoms with Crippen molar-refractivity contribution in [3.05, 3.63) is 65.5 Å². The van der Waals surface area contributed by atoms with Gasteiger partial charge in [-0.25, -0.2) is 0 Å². The molecule has 1 N–H and O–H groups in total. The molecule has 1 amide bonds. The van der Waals surface area contributed by atoms with Crippen LogP contribution in [0.1, 0.15) is 31.0 Å². The van der Waals surface area contributed by atoms with Crippen molar-refractivity contribution in [2.24, 2.45) is 0 Å². The van der Waals surface area contributed by atoms with Crippen LogP contribution in [0.3, 0.4) is 0 Å². The number of carbonyl (C=O) groups is 2. The van der Waals surface area contributed by atoms with E-state index in [1.165, 1.54) is 12.0 Å². The van der Waals surface area contributed by atoms with Gasteiger partial charge in [-0.3, -0.25) is 14.6 Å². The predicted octanol–water partition coefficient (Wildman–Crippen LogP) is 2.85. The van der Waals surface area contributed by atoms with Crippen molar-refractivity contribution in [2.45, 2.75) is 19.9 Å². The number of likely N-dealkylation sites (tertiary alicyclic amines) is 1. The van der Waals surface area contributed by atoms with Gasteiger partial charge in [0.15, 0.2) is 0 Å². The highest BCUT2D eigenvalue weighted by Gasteiger charge is 2.46. The summed E-state index contributed by atoms with van der Waals surface area (Å²) >= 11 is 0. The van der Waals surface area contributed by atoms with Gasteiger partial charge in [0, 0.05) is 25.5 Å². The van der Waals surface area contributed by atoms with E-state index in [0.29, 0.717) is 24.4 Å². The predicted molar refractivity (Wildman–Crippen MR) is 114 cm³/mol. The largest absolute Gasteiger partial charge is 0.507 e. The Morgan fingerprint density at radius 1 is 1.13 bits per heavy atom. The average Bonchev–Trinajstić information content (AvgIpc) is 3.04. The number of para-hydroxylation sites is 1. The quantitative estimate of drug-likeness (QED) is 0.410.